The molecule has 3 rings (SSSR count). The molecule has 3 aromatic heterocycles. The van der Waals surface area contributed by atoms with Gasteiger partial charge < -0.3 is 5.32 Å². The molecule has 0 aliphatic heterocycles. The fraction of sp³-hybridized carbons (Fsp3) is 0.368. The Morgan fingerprint density at radius 1 is 1.23 bits per heavy atom. The molecule has 1 N–H and O–H groups in total. The van der Waals surface area contributed by atoms with Gasteiger partial charge in [-0.2, -0.15) is 0 Å². The van der Waals surface area contributed by atoms with E-state index in [1.807, 2.05) is 19.1 Å². The number of aromatic nitrogens is 3. The molecule has 26 heavy (non-hydrogen) atoms. The quantitative estimate of drug-likeness (QED) is 0.609. The fourth-order valence-corrected chi connectivity index (χ4v) is 4.31. The maximum absolute atomic E-state index is 12.3. The lowest BCUT2D eigenvalue weighted by Crippen LogP contribution is -2.24. The minimum absolute atomic E-state index is 0.0245. The summed E-state index contributed by atoms with van der Waals surface area (Å²) < 4.78 is 0. The Labute approximate surface area is 161 Å². The molecular weight excluding hydrogens is 364 g/mol. The van der Waals surface area contributed by atoms with E-state index in [0.717, 1.165) is 44.7 Å². The van der Waals surface area contributed by atoms with Crippen LogP contribution in [-0.4, -0.2) is 27.4 Å². The smallest absolute Gasteiger partial charge is 0.263 e. The van der Waals surface area contributed by atoms with Crippen LogP contribution in [-0.2, 0) is 6.42 Å². The first kappa shape index (κ1) is 18.7. The Kier molecular flexibility index (Phi) is 6.11. The van der Waals surface area contributed by atoms with Crippen LogP contribution in [0.3, 0.4) is 0 Å². The molecule has 0 unspecified atom stereocenters. The molecule has 3 heterocycles. The minimum Gasteiger partial charge on any atom is -0.351 e. The van der Waals surface area contributed by atoms with Gasteiger partial charge >= 0.3 is 0 Å². The zero-order valence-electron chi connectivity index (χ0n) is 15.2. The molecule has 0 aliphatic carbocycles. The lowest BCUT2D eigenvalue weighted by molar-refractivity contribution is 0.0956. The topological polar surface area (TPSA) is 67.8 Å². The van der Waals surface area contributed by atoms with Gasteiger partial charge in [0.15, 0.2) is 0 Å². The number of amides is 1. The van der Waals surface area contributed by atoms with E-state index in [1.54, 1.807) is 23.7 Å². The SMILES string of the molecule is Cc1nc(C(C)C)sc1C(=O)NCCCc1nc(-c2ccncc2)cs1. The van der Waals surface area contributed by atoms with Crippen molar-refractivity contribution in [1.82, 2.24) is 20.3 Å². The molecule has 136 valence electrons. The Morgan fingerprint density at radius 2 is 2.00 bits per heavy atom. The monoisotopic (exact) mass is 386 g/mol. The molecule has 0 spiro atoms. The summed E-state index contributed by atoms with van der Waals surface area (Å²) in [6.07, 6.45) is 5.27. The Hall–Kier alpha value is -2.12. The molecule has 0 aliphatic rings. The predicted octanol–water partition coefficient (Wildman–Crippen LogP) is 4.46. The number of aryl methyl sites for hydroxylation is 2. The summed E-state index contributed by atoms with van der Waals surface area (Å²) in [4.78, 5) is 26.2. The van der Waals surface area contributed by atoms with Gasteiger partial charge in [-0.25, -0.2) is 9.97 Å². The summed E-state index contributed by atoms with van der Waals surface area (Å²) in [5.74, 6) is 0.322. The summed E-state index contributed by atoms with van der Waals surface area (Å²) in [6, 6.07) is 3.92. The van der Waals surface area contributed by atoms with Crippen molar-refractivity contribution in [3.05, 3.63) is 50.5 Å². The van der Waals surface area contributed by atoms with Crippen LogP contribution in [0.15, 0.2) is 29.9 Å². The van der Waals surface area contributed by atoms with E-state index in [-0.39, 0.29) is 5.91 Å². The lowest BCUT2D eigenvalue weighted by Gasteiger charge is -2.03. The lowest BCUT2D eigenvalue weighted by atomic mass is 10.2. The van der Waals surface area contributed by atoms with Crippen molar-refractivity contribution in [2.75, 3.05) is 6.54 Å². The molecule has 0 fully saturated rings. The van der Waals surface area contributed by atoms with Crippen molar-refractivity contribution in [1.29, 1.82) is 0 Å². The Morgan fingerprint density at radius 3 is 2.69 bits per heavy atom. The van der Waals surface area contributed by atoms with E-state index in [4.69, 9.17) is 0 Å². The van der Waals surface area contributed by atoms with Crippen molar-refractivity contribution in [2.45, 2.75) is 39.5 Å². The number of pyridine rings is 1. The first-order valence-corrected chi connectivity index (χ1v) is 10.3. The molecule has 7 heteroatoms. The van der Waals surface area contributed by atoms with Crippen molar-refractivity contribution in [2.24, 2.45) is 0 Å². The van der Waals surface area contributed by atoms with Gasteiger partial charge in [-0.15, -0.1) is 22.7 Å². The number of thiazole rings is 2. The normalized spacial score (nSPS) is 11.1. The second-order valence-corrected chi connectivity index (χ2v) is 8.32. The molecule has 1 amide bonds. The van der Waals surface area contributed by atoms with E-state index < -0.39 is 0 Å². The molecule has 0 radical (unpaired) electrons. The summed E-state index contributed by atoms with van der Waals surface area (Å²) in [5.41, 5.74) is 2.88. The van der Waals surface area contributed by atoms with Gasteiger partial charge in [-0.05, 0) is 25.5 Å². The number of nitrogens with one attached hydrogen (secondary N) is 1. The van der Waals surface area contributed by atoms with Gasteiger partial charge in [-0.3, -0.25) is 9.78 Å². The summed E-state index contributed by atoms with van der Waals surface area (Å²) in [7, 11) is 0. The predicted molar refractivity (Wildman–Crippen MR) is 107 cm³/mol. The van der Waals surface area contributed by atoms with Crippen LogP contribution in [0.5, 0.6) is 0 Å². The Bertz CT molecular complexity index is 871. The number of rotatable bonds is 7. The van der Waals surface area contributed by atoms with Crippen LogP contribution in [0, 0.1) is 6.92 Å². The molecule has 0 saturated carbocycles. The fourth-order valence-electron chi connectivity index (χ4n) is 2.48. The van der Waals surface area contributed by atoms with Crippen LogP contribution in [0.1, 0.15) is 51.6 Å². The third-order valence-electron chi connectivity index (χ3n) is 3.89. The largest absolute Gasteiger partial charge is 0.351 e. The second kappa shape index (κ2) is 8.51. The number of carbonyl (C=O) groups is 1. The van der Waals surface area contributed by atoms with E-state index in [0.29, 0.717) is 12.5 Å². The average Bonchev–Trinajstić information content (AvgIpc) is 3.26. The van der Waals surface area contributed by atoms with Gasteiger partial charge in [0.25, 0.3) is 5.91 Å². The van der Waals surface area contributed by atoms with Gasteiger partial charge in [0.05, 0.1) is 21.4 Å². The number of nitrogens with zero attached hydrogens (tertiary/aromatic N) is 3. The van der Waals surface area contributed by atoms with Crippen LogP contribution in [0.2, 0.25) is 0 Å². The standard InChI is InChI=1S/C19H22N4OS2/c1-12(2)19-22-13(3)17(26-19)18(24)21-8-4-5-16-23-15(11-25-16)14-6-9-20-10-7-14/h6-7,9-12H,4-5,8H2,1-3H3,(H,21,24). The highest BCUT2D eigenvalue weighted by atomic mass is 32.1. The molecule has 0 aromatic carbocycles. The van der Waals surface area contributed by atoms with Crippen LogP contribution >= 0.6 is 22.7 Å². The van der Waals surface area contributed by atoms with Gasteiger partial charge in [0.1, 0.15) is 4.88 Å². The summed E-state index contributed by atoms with van der Waals surface area (Å²) in [6.45, 7) is 6.72. The zero-order valence-corrected chi connectivity index (χ0v) is 16.8. The van der Waals surface area contributed by atoms with Crippen molar-refractivity contribution < 1.29 is 4.79 Å². The number of carbonyl (C=O) groups excluding carboxylic acids is 1. The van der Waals surface area contributed by atoms with Gasteiger partial charge in [0.2, 0.25) is 0 Å². The average molecular weight is 387 g/mol. The van der Waals surface area contributed by atoms with Crippen molar-refractivity contribution in [3.63, 3.8) is 0 Å². The van der Waals surface area contributed by atoms with Crippen molar-refractivity contribution >= 4 is 28.6 Å². The van der Waals surface area contributed by atoms with E-state index in [9.17, 15) is 4.79 Å². The van der Waals surface area contributed by atoms with E-state index in [1.165, 1.54) is 11.3 Å². The van der Waals surface area contributed by atoms with Gasteiger partial charge in [0, 0.05) is 42.2 Å². The number of hydrogen-bond donors (Lipinski definition) is 1. The van der Waals surface area contributed by atoms with Crippen LogP contribution in [0.25, 0.3) is 11.3 Å². The van der Waals surface area contributed by atoms with Crippen molar-refractivity contribution in [3.8, 4) is 11.3 Å². The maximum Gasteiger partial charge on any atom is 0.263 e. The molecule has 5 nitrogen and oxygen atoms in total. The molecule has 0 bridgehead atoms. The third kappa shape index (κ3) is 4.53. The summed E-state index contributed by atoms with van der Waals surface area (Å²) in [5, 5.41) is 7.17. The number of hydrogen-bond acceptors (Lipinski definition) is 6. The Balaban J connectivity index is 1.49. The molecule has 0 atom stereocenters. The second-order valence-electron chi connectivity index (χ2n) is 6.34. The highest BCUT2D eigenvalue weighted by Crippen LogP contribution is 2.24. The van der Waals surface area contributed by atoms with Gasteiger partial charge in [-0.1, -0.05) is 13.8 Å². The first-order chi connectivity index (χ1) is 12.5. The molecule has 0 saturated heterocycles. The minimum atomic E-state index is -0.0245. The molecule has 3 aromatic rings. The molecular formula is C19H22N4OS2. The first-order valence-electron chi connectivity index (χ1n) is 8.65. The maximum atomic E-state index is 12.3. The third-order valence-corrected chi connectivity index (χ3v) is 6.26. The summed E-state index contributed by atoms with van der Waals surface area (Å²) >= 11 is 3.15. The highest BCUT2D eigenvalue weighted by molar-refractivity contribution is 7.13. The van der Waals surface area contributed by atoms with E-state index in [2.05, 4.69) is 39.5 Å². The van der Waals surface area contributed by atoms with Crippen LogP contribution < -0.4 is 5.32 Å². The van der Waals surface area contributed by atoms with E-state index >= 15 is 0 Å². The van der Waals surface area contributed by atoms with Crippen LogP contribution in [0.4, 0.5) is 0 Å². The highest BCUT2D eigenvalue weighted by Gasteiger charge is 2.16. The zero-order chi connectivity index (χ0) is 18.5.